The molecule has 2 aromatic carbocycles. The first-order chi connectivity index (χ1) is 12.9. The van der Waals surface area contributed by atoms with Gasteiger partial charge in [-0.05, 0) is 35.2 Å². The lowest BCUT2D eigenvalue weighted by Crippen LogP contribution is -2.46. The third-order valence-electron chi connectivity index (χ3n) is 4.68. The van der Waals surface area contributed by atoms with Crippen molar-refractivity contribution >= 4 is 6.03 Å². The zero-order valence-corrected chi connectivity index (χ0v) is 14.9. The second-order valence-corrected chi connectivity index (χ2v) is 6.39. The van der Waals surface area contributed by atoms with Crippen LogP contribution in [0, 0.1) is 0 Å². The van der Waals surface area contributed by atoms with E-state index in [1.54, 1.807) is 12.0 Å². The molecule has 3 rings (SSSR count). The van der Waals surface area contributed by atoms with Crippen molar-refractivity contribution in [2.45, 2.75) is 18.6 Å². The first-order valence-electron chi connectivity index (χ1n) is 8.70. The Morgan fingerprint density at radius 3 is 2.56 bits per heavy atom. The molecule has 0 unspecified atom stereocenters. The molecule has 0 aliphatic carbocycles. The number of hydrogen-bond donors (Lipinski definition) is 1. The van der Waals surface area contributed by atoms with Crippen LogP contribution in [0.3, 0.4) is 0 Å². The van der Waals surface area contributed by atoms with Crippen LogP contribution in [0.1, 0.15) is 28.3 Å². The summed E-state index contributed by atoms with van der Waals surface area (Å²) >= 11 is 0. The lowest BCUT2D eigenvalue weighted by Gasteiger charge is -2.37. The number of rotatable bonds is 4. The zero-order chi connectivity index (χ0) is 19.4. The highest BCUT2D eigenvalue weighted by molar-refractivity contribution is 5.76. The van der Waals surface area contributed by atoms with E-state index >= 15 is 0 Å². The van der Waals surface area contributed by atoms with E-state index in [9.17, 15) is 18.0 Å². The molecule has 0 bridgehead atoms. The molecule has 1 aliphatic rings. The summed E-state index contributed by atoms with van der Waals surface area (Å²) in [4.78, 5) is 14.3. The molecule has 4 nitrogen and oxygen atoms in total. The molecule has 1 heterocycles. The van der Waals surface area contributed by atoms with Crippen molar-refractivity contribution in [1.29, 1.82) is 0 Å². The van der Waals surface area contributed by atoms with Crippen molar-refractivity contribution in [3.05, 3.63) is 70.8 Å². The molecule has 0 spiro atoms. The maximum Gasteiger partial charge on any atom is 0.416 e. The van der Waals surface area contributed by atoms with Crippen molar-refractivity contribution in [2.24, 2.45) is 0 Å². The summed E-state index contributed by atoms with van der Waals surface area (Å²) < 4.78 is 43.6. The first-order valence-corrected chi connectivity index (χ1v) is 8.70. The number of carbonyl (C=O) groups excluding carboxylic acids is 1. The van der Waals surface area contributed by atoms with E-state index in [0.29, 0.717) is 31.7 Å². The molecule has 144 valence electrons. The largest absolute Gasteiger partial charge is 0.416 e. The minimum atomic E-state index is -4.39. The van der Waals surface area contributed by atoms with Gasteiger partial charge < -0.3 is 15.0 Å². The van der Waals surface area contributed by atoms with E-state index < -0.39 is 17.8 Å². The van der Waals surface area contributed by atoms with Gasteiger partial charge in [0.1, 0.15) is 0 Å². The molecular weight excluding hydrogens is 357 g/mol. The number of halogens is 3. The number of alkyl halides is 3. The highest BCUT2D eigenvalue weighted by atomic mass is 19.4. The van der Waals surface area contributed by atoms with Crippen LogP contribution in [0.15, 0.2) is 48.5 Å². The van der Waals surface area contributed by atoms with Crippen LogP contribution >= 0.6 is 0 Å². The Bertz CT molecular complexity index is 791. The van der Waals surface area contributed by atoms with Gasteiger partial charge in [-0.1, -0.05) is 36.4 Å². The number of hydrogen-bond acceptors (Lipinski definition) is 2. The van der Waals surface area contributed by atoms with E-state index in [1.165, 1.54) is 12.1 Å². The molecular formula is C20H21F3N2O2. The fraction of sp³-hybridized carbons (Fsp3) is 0.350. The average Bonchev–Trinajstić information content (AvgIpc) is 2.66. The van der Waals surface area contributed by atoms with Crippen molar-refractivity contribution in [3.63, 3.8) is 0 Å². The van der Waals surface area contributed by atoms with Gasteiger partial charge in [0.2, 0.25) is 0 Å². The molecule has 27 heavy (non-hydrogen) atoms. The normalized spacial score (nSPS) is 16.7. The summed E-state index contributed by atoms with van der Waals surface area (Å²) in [5.41, 5.74) is 1.98. The minimum Gasteiger partial charge on any atom is -0.383 e. The maximum atomic E-state index is 12.9. The van der Waals surface area contributed by atoms with Crippen molar-refractivity contribution < 1.29 is 22.7 Å². The van der Waals surface area contributed by atoms with E-state index in [4.69, 9.17) is 4.74 Å². The van der Waals surface area contributed by atoms with Gasteiger partial charge >= 0.3 is 12.2 Å². The van der Waals surface area contributed by atoms with Crippen LogP contribution in [0.2, 0.25) is 0 Å². The Morgan fingerprint density at radius 1 is 1.19 bits per heavy atom. The molecule has 1 atom stereocenters. The van der Waals surface area contributed by atoms with Gasteiger partial charge in [-0.2, -0.15) is 13.2 Å². The number of nitrogens with zero attached hydrogens (tertiary/aromatic N) is 1. The molecule has 2 amide bonds. The first kappa shape index (κ1) is 19.2. The van der Waals surface area contributed by atoms with E-state index in [1.807, 2.05) is 24.3 Å². The summed E-state index contributed by atoms with van der Waals surface area (Å²) in [5.74, 6) is 0. The van der Waals surface area contributed by atoms with Crippen LogP contribution < -0.4 is 5.32 Å². The summed E-state index contributed by atoms with van der Waals surface area (Å²) in [6.45, 7) is 1.25. The smallest absolute Gasteiger partial charge is 0.383 e. The summed E-state index contributed by atoms with van der Waals surface area (Å²) in [5, 5.41) is 2.80. The topological polar surface area (TPSA) is 41.6 Å². The molecule has 7 heteroatoms. The van der Waals surface area contributed by atoms with Gasteiger partial charge in [-0.15, -0.1) is 0 Å². The second kappa shape index (κ2) is 8.00. The highest BCUT2D eigenvalue weighted by Gasteiger charge is 2.34. The Labute approximate surface area is 155 Å². The standard InChI is InChI=1S/C20H21F3N2O2/c1-27-13-11-24-19(26)25-12-10-14-4-2-3-5-17(14)18(25)15-6-8-16(9-7-15)20(21,22)23/h2-9,18H,10-13H2,1H3,(H,24,26)/t18-/m1/s1. The highest BCUT2D eigenvalue weighted by Crippen LogP contribution is 2.36. The summed E-state index contributed by atoms with van der Waals surface area (Å²) in [6.07, 6.45) is -3.69. The Balaban J connectivity index is 1.94. The molecule has 0 radical (unpaired) electrons. The number of nitrogens with one attached hydrogen (secondary N) is 1. The minimum absolute atomic E-state index is 0.258. The number of ether oxygens (including phenoxy) is 1. The van der Waals surface area contributed by atoms with Crippen LogP contribution in [-0.2, 0) is 17.3 Å². The Kier molecular flexibility index (Phi) is 5.70. The number of methoxy groups -OCH3 is 1. The van der Waals surface area contributed by atoms with Gasteiger partial charge in [-0.25, -0.2) is 4.79 Å². The van der Waals surface area contributed by atoms with E-state index in [0.717, 1.165) is 23.3 Å². The summed E-state index contributed by atoms with van der Waals surface area (Å²) in [6, 6.07) is 12.1. The monoisotopic (exact) mass is 378 g/mol. The van der Waals surface area contributed by atoms with Crippen LogP contribution in [-0.4, -0.2) is 37.7 Å². The zero-order valence-electron chi connectivity index (χ0n) is 14.9. The average molecular weight is 378 g/mol. The molecule has 0 saturated heterocycles. The predicted molar refractivity (Wildman–Crippen MR) is 95.4 cm³/mol. The molecule has 1 N–H and O–H groups in total. The molecule has 1 aliphatic heterocycles. The predicted octanol–water partition coefficient (Wildman–Crippen LogP) is 4.01. The number of amides is 2. The lowest BCUT2D eigenvalue weighted by molar-refractivity contribution is -0.137. The van der Waals surface area contributed by atoms with Gasteiger partial charge in [0.05, 0.1) is 18.2 Å². The van der Waals surface area contributed by atoms with Crippen molar-refractivity contribution in [2.75, 3.05) is 26.8 Å². The molecule has 0 fully saturated rings. The van der Waals surface area contributed by atoms with Crippen LogP contribution in [0.25, 0.3) is 0 Å². The SMILES string of the molecule is COCCNC(=O)N1CCc2ccccc2[C@H]1c1ccc(C(F)(F)F)cc1. The molecule has 2 aromatic rings. The van der Waals surface area contributed by atoms with Crippen molar-refractivity contribution in [3.8, 4) is 0 Å². The number of urea groups is 1. The van der Waals surface area contributed by atoms with Crippen LogP contribution in [0.5, 0.6) is 0 Å². The van der Waals surface area contributed by atoms with Gasteiger partial charge in [0, 0.05) is 20.2 Å². The quantitative estimate of drug-likeness (QED) is 0.817. The number of fused-ring (bicyclic) bond motifs is 1. The third kappa shape index (κ3) is 4.24. The van der Waals surface area contributed by atoms with Crippen LogP contribution in [0.4, 0.5) is 18.0 Å². The molecule has 0 saturated carbocycles. The van der Waals surface area contributed by atoms with Gasteiger partial charge in [0.15, 0.2) is 0 Å². The number of carbonyl (C=O) groups is 1. The summed E-state index contributed by atoms with van der Waals surface area (Å²) in [7, 11) is 1.55. The Morgan fingerprint density at radius 2 is 1.89 bits per heavy atom. The molecule has 0 aromatic heterocycles. The van der Waals surface area contributed by atoms with E-state index in [-0.39, 0.29) is 6.03 Å². The van der Waals surface area contributed by atoms with E-state index in [2.05, 4.69) is 5.32 Å². The fourth-order valence-corrected chi connectivity index (χ4v) is 3.36. The lowest BCUT2D eigenvalue weighted by atomic mass is 9.88. The van der Waals surface area contributed by atoms with Crippen molar-refractivity contribution in [1.82, 2.24) is 10.2 Å². The Hall–Kier alpha value is -2.54. The second-order valence-electron chi connectivity index (χ2n) is 6.39. The third-order valence-corrected chi connectivity index (χ3v) is 4.68. The van der Waals surface area contributed by atoms with Gasteiger partial charge in [-0.3, -0.25) is 0 Å². The number of benzene rings is 2. The fourth-order valence-electron chi connectivity index (χ4n) is 3.36. The maximum absolute atomic E-state index is 12.9. The van der Waals surface area contributed by atoms with Gasteiger partial charge in [0.25, 0.3) is 0 Å².